The summed E-state index contributed by atoms with van der Waals surface area (Å²) >= 11 is 10.9. The summed E-state index contributed by atoms with van der Waals surface area (Å²) in [7, 11) is 0. The lowest BCUT2D eigenvalue weighted by atomic mass is 10.2. The van der Waals surface area contributed by atoms with Crippen molar-refractivity contribution in [3.05, 3.63) is 49.6 Å². The lowest BCUT2D eigenvalue weighted by Gasteiger charge is -2.08. The Kier molecular flexibility index (Phi) is 4.27. The summed E-state index contributed by atoms with van der Waals surface area (Å²) < 4.78 is 1.05. The fourth-order valence-corrected chi connectivity index (χ4v) is 3.07. The second-order valence-electron chi connectivity index (χ2n) is 3.55. The fourth-order valence-electron chi connectivity index (χ4n) is 1.48. The van der Waals surface area contributed by atoms with E-state index in [-0.39, 0.29) is 5.56 Å². The molecule has 2 N–H and O–H groups in total. The third kappa shape index (κ3) is 3.25. The maximum atomic E-state index is 11.1. The van der Waals surface area contributed by atoms with E-state index in [1.165, 1.54) is 6.07 Å². The first-order valence-electron chi connectivity index (χ1n) is 5.07. The molecule has 0 aliphatic rings. The van der Waals surface area contributed by atoms with E-state index in [0.717, 1.165) is 8.66 Å². The van der Waals surface area contributed by atoms with Crippen LogP contribution in [-0.2, 0) is 6.54 Å². The molecule has 6 heteroatoms. The quantitative estimate of drug-likeness (QED) is 0.858. The van der Waals surface area contributed by atoms with Gasteiger partial charge in [0.1, 0.15) is 0 Å². The van der Waals surface area contributed by atoms with Gasteiger partial charge in [0, 0.05) is 16.4 Å². The molecule has 2 aromatic rings. The van der Waals surface area contributed by atoms with Crippen LogP contribution >= 0.6 is 38.9 Å². The summed E-state index contributed by atoms with van der Waals surface area (Å²) in [4.78, 5) is 12.2. The number of rotatable bonds is 4. The Morgan fingerprint density at radius 3 is 2.78 bits per heavy atom. The van der Waals surface area contributed by atoms with Gasteiger partial charge in [0.25, 0.3) is 0 Å². The number of hydrogen-bond acceptors (Lipinski definition) is 3. The zero-order chi connectivity index (χ0) is 13.1. The Labute approximate surface area is 122 Å². The normalized spacial score (nSPS) is 10.3. The highest BCUT2D eigenvalue weighted by atomic mass is 79.9. The van der Waals surface area contributed by atoms with Gasteiger partial charge < -0.3 is 10.4 Å². The third-order valence-electron chi connectivity index (χ3n) is 2.29. The Hall–Kier alpha value is -1.04. The van der Waals surface area contributed by atoms with Crippen LogP contribution in [0.5, 0.6) is 0 Å². The van der Waals surface area contributed by atoms with Crippen LogP contribution in [-0.4, -0.2) is 11.1 Å². The number of thiophene rings is 1. The number of aromatic carboxylic acids is 1. The molecule has 0 aliphatic carbocycles. The zero-order valence-corrected chi connectivity index (χ0v) is 12.3. The van der Waals surface area contributed by atoms with Gasteiger partial charge in [-0.25, -0.2) is 4.79 Å². The first kappa shape index (κ1) is 13.4. The van der Waals surface area contributed by atoms with Crippen LogP contribution in [0.4, 0.5) is 5.69 Å². The van der Waals surface area contributed by atoms with Gasteiger partial charge in [0.05, 0.1) is 15.0 Å². The number of carboxylic acids is 1. The summed E-state index contributed by atoms with van der Waals surface area (Å²) in [6.07, 6.45) is 0. The fraction of sp³-hybridized carbons (Fsp3) is 0.0833. The van der Waals surface area contributed by atoms with Gasteiger partial charge in [-0.2, -0.15) is 0 Å². The highest BCUT2D eigenvalue weighted by Crippen LogP contribution is 2.25. The molecule has 1 aromatic carbocycles. The highest BCUT2D eigenvalue weighted by molar-refractivity contribution is 9.11. The van der Waals surface area contributed by atoms with Crippen molar-refractivity contribution in [2.75, 3.05) is 5.32 Å². The minimum Gasteiger partial charge on any atom is -0.478 e. The Bertz CT molecular complexity index is 585. The average molecular weight is 347 g/mol. The monoisotopic (exact) mass is 345 g/mol. The molecule has 0 radical (unpaired) electrons. The molecule has 0 unspecified atom stereocenters. The van der Waals surface area contributed by atoms with E-state index >= 15 is 0 Å². The van der Waals surface area contributed by atoms with Crippen molar-refractivity contribution >= 4 is 50.5 Å². The molecule has 3 nitrogen and oxygen atoms in total. The van der Waals surface area contributed by atoms with Crippen molar-refractivity contribution in [3.8, 4) is 0 Å². The molecule has 0 bridgehead atoms. The van der Waals surface area contributed by atoms with Gasteiger partial charge in [-0.05, 0) is 46.3 Å². The van der Waals surface area contributed by atoms with Crippen LogP contribution in [0.2, 0.25) is 5.02 Å². The minimum absolute atomic E-state index is 0.218. The third-order valence-corrected chi connectivity index (χ3v) is 4.15. The molecule has 2 rings (SSSR count). The average Bonchev–Trinajstić information content (AvgIpc) is 2.72. The minimum atomic E-state index is -0.971. The molecule has 0 saturated heterocycles. The van der Waals surface area contributed by atoms with E-state index in [1.54, 1.807) is 23.5 Å². The van der Waals surface area contributed by atoms with Crippen molar-refractivity contribution in [1.82, 2.24) is 0 Å². The number of carboxylic acid groups (broad SMARTS) is 1. The largest absolute Gasteiger partial charge is 0.478 e. The lowest BCUT2D eigenvalue weighted by Crippen LogP contribution is -2.05. The second-order valence-corrected chi connectivity index (χ2v) is 6.54. The van der Waals surface area contributed by atoms with E-state index in [1.807, 2.05) is 12.1 Å². The number of nitrogens with one attached hydrogen (secondary N) is 1. The zero-order valence-electron chi connectivity index (χ0n) is 9.11. The standard InChI is InChI=1S/C12H9BrClNO2S/c13-11-4-2-8(18-11)6-15-10-5-7(14)1-3-9(10)12(16)17/h1-5,15H,6H2,(H,16,17). The first-order valence-corrected chi connectivity index (χ1v) is 7.06. The number of anilines is 1. The van der Waals surface area contributed by atoms with Crippen molar-refractivity contribution in [3.63, 3.8) is 0 Å². The van der Waals surface area contributed by atoms with Crippen LogP contribution in [0.3, 0.4) is 0 Å². The maximum absolute atomic E-state index is 11.1. The SMILES string of the molecule is O=C(O)c1ccc(Cl)cc1NCc1ccc(Br)s1. The molecule has 94 valence electrons. The molecule has 0 atom stereocenters. The molecule has 18 heavy (non-hydrogen) atoms. The number of carbonyl (C=O) groups is 1. The summed E-state index contributed by atoms with van der Waals surface area (Å²) in [5.41, 5.74) is 0.745. The molecule has 1 heterocycles. The smallest absolute Gasteiger partial charge is 0.337 e. The van der Waals surface area contributed by atoms with Crippen molar-refractivity contribution in [2.24, 2.45) is 0 Å². The van der Waals surface area contributed by atoms with E-state index in [4.69, 9.17) is 16.7 Å². The Morgan fingerprint density at radius 1 is 1.39 bits per heavy atom. The predicted molar refractivity (Wildman–Crippen MR) is 77.8 cm³/mol. The van der Waals surface area contributed by atoms with E-state index in [9.17, 15) is 4.79 Å². The maximum Gasteiger partial charge on any atom is 0.337 e. The molecule has 0 spiro atoms. The summed E-state index contributed by atoms with van der Waals surface area (Å²) in [6, 6.07) is 8.62. The number of halogens is 2. The van der Waals surface area contributed by atoms with Crippen LogP contribution in [0, 0.1) is 0 Å². The van der Waals surface area contributed by atoms with Gasteiger partial charge in [-0.1, -0.05) is 11.6 Å². The Morgan fingerprint density at radius 2 is 2.17 bits per heavy atom. The molecule has 0 saturated carbocycles. The van der Waals surface area contributed by atoms with Gasteiger partial charge in [-0.3, -0.25) is 0 Å². The molecular weight excluding hydrogens is 338 g/mol. The topological polar surface area (TPSA) is 49.3 Å². The molecule has 1 aromatic heterocycles. The van der Waals surface area contributed by atoms with Crippen molar-refractivity contribution in [2.45, 2.75) is 6.54 Å². The number of hydrogen-bond donors (Lipinski definition) is 2. The first-order chi connectivity index (χ1) is 8.56. The van der Waals surface area contributed by atoms with Crippen LogP contribution < -0.4 is 5.32 Å². The van der Waals surface area contributed by atoms with Crippen LogP contribution in [0.15, 0.2) is 34.1 Å². The molecule has 0 fully saturated rings. The highest BCUT2D eigenvalue weighted by Gasteiger charge is 2.10. The van der Waals surface area contributed by atoms with Crippen molar-refractivity contribution < 1.29 is 9.90 Å². The number of benzene rings is 1. The molecular formula is C12H9BrClNO2S. The summed E-state index contributed by atoms with van der Waals surface area (Å²) in [6.45, 7) is 0.566. The summed E-state index contributed by atoms with van der Waals surface area (Å²) in [5, 5.41) is 12.7. The van der Waals surface area contributed by atoms with Crippen LogP contribution in [0.25, 0.3) is 0 Å². The summed E-state index contributed by atoms with van der Waals surface area (Å²) in [5.74, 6) is -0.971. The van der Waals surface area contributed by atoms with E-state index in [0.29, 0.717) is 17.3 Å². The van der Waals surface area contributed by atoms with Gasteiger partial charge in [0.2, 0.25) is 0 Å². The van der Waals surface area contributed by atoms with Gasteiger partial charge >= 0.3 is 5.97 Å². The van der Waals surface area contributed by atoms with Gasteiger partial charge in [-0.15, -0.1) is 11.3 Å². The molecule has 0 aliphatic heterocycles. The Balaban J connectivity index is 2.17. The molecule has 0 amide bonds. The van der Waals surface area contributed by atoms with E-state index in [2.05, 4.69) is 21.2 Å². The lowest BCUT2D eigenvalue weighted by molar-refractivity contribution is 0.0698. The van der Waals surface area contributed by atoms with Crippen molar-refractivity contribution in [1.29, 1.82) is 0 Å². The predicted octanol–water partition coefficient (Wildman–Crippen LogP) is 4.47. The van der Waals surface area contributed by atoms with Crippen LogP contribution in [0.1, 0.15) is 15.2 Å². The van der Waals surface area contributed by atoms with Gasteiger partial charge in [0.15, 0.2) is 0 Å². The van der Waals surface area contributed by atoms with E-state index < -0.39 is 5.97 Å². The second kappa shape index (κ2) is 5.73.